The molecule has 0 atom stereocenters. The van der Waals surface area contributed by atoms with E-state index in [2.05, 4.69) is 88.4 Å². The number of fused-ring (bicyclic) bond motifs is 3. The summed E-state index contributed by atoms with van der Waals surface area (Å²) in [4.78, 5) is 9.31. The molecule has 0 amide bonds. The van der Waals surface area contributed by atoms with Crippen molar-refractivity contribution in [3.8, 4) is 28.6 Å². The zero-order valence-corrected chi connectivity index (χ0v) is 25.6. The van der Waals surface area contributed by atoms with Crippen LogP contribution in [0, 0.1) is 12.1 Å². The molecule has 2 aliphatic rings. The fraction of sp³-hybridized carbons (Fsp3) is 0.243. The number of ether oxygens (including phenoxy) is 1. The van der Waals surface area contributed by atoms with Gasteiger partial charge in [0.15, 0.2) is 0 Å². The first-order chi connectivity index (χ1) is 20.3. The van der Waals surface area contributed by atoms with E-state index in [9.17, 15) is 0 Å². The molecule has 5 heteroatoms. The molecule has 210 valence electrons. The number of aromatic nitrogens is 3. The number of nitrogens with zero attached hydrogens (tertiary/aromatic N) is 3. The Labute approximate surface area is 261 Å². The largest absolute Gasteiger partial charge is 2.00 e. The molecule has 0 saturated heterocycles. The average molecular weight is 729 g/mol. The summed E-state index contributed by atoms with van der Waals surface area (Å²) in [6.45, 7) is 0. The molecular weight excluding hydrogens is 698 g/mol. The summed E-state index contributed by atoms with van der Waals surface area (Å²) in [5, 5.41) is 2.37. The van der Waals surface area contributed by atoms with E-state index in [4.69, 9.17) is 9.72 Å². The van der Waals surface area contributed by atoms with Gasteiger partial charge >= 0.3 is 21.1 Å². The number of rotatable bonds is 6. The maximum atomic E-state index is 6.25. The van der Waals surface area contributed by atoms with E-state index in [1.807, 2.05) is 24.5 Å². The van der Waals surface area contributed by atoms with Crippen molar-refractivity contribution in [3.05, 3.63) is 115 Å². The fourth-order valence-corrected chi connectivity index (χ4v) is 6.46. The number of hydrogen-bond donors (Lipinski definition) is 0. The SMILES string of the molecule is [Pt+2].[c-]1c(Oc2cc(C3CCCCC3)ccn2)cccc1-c1[c-]c2c(cc1)c1ccccc1n2-c1cc(C2CC2)ccn1. The molecule has 8 rings (SSSR count). The van der Waals surface area contributed by atoms with Crippen LogP contribution in [-0.2, 0) is 21.1 Å². The Morgan fingerprint density at radius 2 is 1.43 bits per heavy atom. The topological polar surface area (TPSA) is 39.9 Å². The van der Waals surface area contributed by atoms with Gasteiger partial charge in [0.2, 0.25) is 5.88 Å². The smallest absolute Gasteiger partial charge is 0.460 e. The van der Waals surface area contributed by atoms with Gasteiger partial charge in [-0.3, -0.25) is 0 Å². The molecule has 0 bridgehead atoms. The van der Waals surface area contributed by atoms with Crippen molar-refractivity contribution in [2.24, 2.45) is 0 Å². The van der Waals surface area contributed by atoms with Gasteiger partial charge in [-0.05, 0) is 83.8 Å². The van der Waals surface area contributed by atoms with Gasteiger partial charge in [-0.1, -0.05) is 42.8 Å². The van der Waals surface area contributed by atoms with E-state index in [0.29, 0.717) is 23.5 Å². The normalized spacial score (nSPS) is 15.5. The Kier molecular flexibility index (Phi) is 7.42. The summed E-state index contributed by atoms with van der Waals surface area (Å²) in [5.74, 6) is 3.50. The summed E-state index contributed by atoms with van der Waals surface area (Å²) in [5.41, 5.74) is 6.76. The molecule has 3 aromatic carbocycles. The predicted molar refractivity (Wildman–Crippen MR) is 164 cm³/mol. The second-order valence-corrected chi connectivity index (χ2v) is 11.5. The molecule has 2 aliphatic carbocycles. The predicted octanol–water partition coefficient (Wildman–Crippen LogP) is 9.56. The van der Waals surface area contributed by atoms with Crippen LogP contribution in [-0.4, -0.2) is 14.5 Å². The Morgan fingerprint density at radius 1 is 0.667 bits per heavy atom. The minimum atomic E-state index is 0. The molecule has 6 aromatic rings. The van der Waals surface area contributed by atoms with Crippen LogP contribution in [0.5, 0.6) is 11.6 Å². The van der Waals surface area contributed by atoms with Crippen molar-refractivity contribution in [1.29, 1.82) is 0 Å². The van der Waals surface area contributed by atoms with E-state index < -0.39 is 0 Å². The summed E-state index contributed by atoms with van der Waals surface area (Å²) >= 11 is 0. The quantitative estimate of drug-likeness (QED) is 0.161. The Balaban J connectivity index is 0.00000288. The molecule has 4 nitrogen and oxygen atoms in total. The van der Waals surface area contributed by atoms with E-state index in [1.165, 1.54) is 66.8 Å². The monoisotopic (exact) mass is 728 g/mol. The Bertz CT molecular complexity index is 1880. The van der Waals surface area contributed by atoms with E-state index >= 15 is 0 Å². The van der Waals surface area contributed by atoms with Crippen molar-refractivity contribution >= 4 is 21.8 Å². The molecule has 0 radical (unpaired) electrons. The van der Waals surface area contributed by atoms with Crippen LogP contribution >= 0.6 is 0 Å². The van der Waals surface area contributed by atoms with Gasteiger partial charge in [0.1, 0.15) is 5.82 Å². The molecule has 0 spiro atoms. The van der Waals surface area contributed by atoms with E-state index in [0.717, 1.165) is 28.0 Å². The van der Waals surface area contributed by atoms with Gasteiger partial charge < -0.3 is 9.30 Å². The van der Waals surface area contributed by atoms with Gasteiger partial charge in [0, 0.05) is 29.7 Å². The minimum absolute atomic E-state index is 0. The molecule has 0 unspecified atom stereocenters. The molecular formula is C37H31N3OPt. The Morgan fingerprint density at radius 3 is 2.29 bits per heavy atom. The van der Waals surface area contributed by atoms with Crippen LogP contribution < -0.4 is 4.74 Å². The van der Waals surface area contributed by atoms with Crippen molar-refractivity contribution in [2.45, 2.75) is 56.8 Å². The summed E-state index contributed by atoms with van der Waals surface area (Å²) in [7, 11) is 0. The fourth-order valence-electron chi connectivity index (χ4n) is 6.46. The maximum absolute atomic E-state index is 6.25. The van der Waals surface area contributed by atoms with Crippen LogP contribution in [0.4, 0.5) is 0 Å². The van der Waals surface area contributed by atoms with E-state index in [-0.39, 0.29) is 21.1 Å². The number of benzene rings is 3. The summed E-state index contributed by atoms with van der Waals surface area (Å²) in [6, 6.07) is 34.8. The minimum Gasteiger partial charge on any atom is -0.460 e. The first kappa shape index (κ1) is 27.1. The van der Waals surface area contributed by atoms with Gasteiger partial charge in [0.25, 0.3) is 0 Å². The second kappa shape index (κ2) is 11.5. The van der Waals surface area contributed by atoms with Gasteiger partial charge in [-0.15, -0.1) is 18.2 Å². The number of pyridine rings is 2. The van der Waals surface area contributed by atoms with Crippen molar-refractivity contribution in [3.63, 3.8) is 0 Å². The molecule has 2 fully saturated rings. The third-order valence-electron chi connectivity index (χ3n) is 8.74. The van der Waals surface area contributed by atoms with Gasteiger partial charge in [-0.25, -0.2) is 21.1 Å². The molecule has 3 aromatic heterocycles. The van der Waals surface area contributed by atoms with Crippen LogP contribution in [0.1, 0.15) is 67.9 Å². The van der Waals surface area contributed by atoms with Crippen LogP contribution in [0.25, 0.3) is 38.8 Å². The van der Waals surface area contributed by atoms with Crippen molar-refractivity contribution < 1.29 is 25.8 Å². The number of para-hydroxylation sites is 1. The molecule has 2 saturated carbocycles. The first-order valence-electron chi connectivity index (χ1n) is 14.9. The standard InChI is InChI=1S/C37H31N3O.Pt/c1-2-7-25(8-3-1)30-18-20-39-37(24-30)41-31-10-6-9-27(21-31)28-15-16-33-32-11-4-5-12-34(32)40(35(33)22-28)36-23-29(17-19-38-36)26-13-14-26;/h4-6,9-12,15-20,23-26H,1-3,7-8,13-14H2;/q-2;+2. The summed E-state index contributed by atoms with van der Waals surface area (Å²) < 4.78 is 8.50. The third-order valence-corrected chi connectivity index (χ3v) is 8.74. The van der Waals surface area contributed by atoms with Gasteiger partial charge in [0.05, 0.1) is 0 Å². The van der Waals surface area contributed by atoms with Crippen LogP contribution in [0.3, 0.4) is 0 Å². The van der Waals surface area contributed by atoms with E-state index in [1.54, 1.807) is 0 Å². The molecule has 0 aliphatic heterocycles. The van der Waals surface area contributed by atoms with Crippen LogP contribution in [0.15, 0.2) is 91.3 Å². The average Bonchev–Trinajstić information content (AvgIpc) is 3.84. The maximum Gasteiger partial charge on any atom is 2.00 e. The van der Waals surface area contributed by atoms with Crippen molar-refractivity contribution in [1.82, 2.24) is 14.5 Å². The van der Waals surface area contributed by atoms with Crippen LogP contribution in [0.2, 0.25) is 0 Å². The van der Waals surface area contributed by atoms with Gasteiger partial charge in [-0.2, -0.15) is 24.3 Å². The zero-order valence-electron chi connectivity index (χ0n) is 23.3. The molecule has 3 heterocycles. The van der Waals surface area contributed by atoms with Crippen molar-refractivity contribution in [2.75, 3.05) is 0 Å². The molecule has 0 N–H and O–H groups in total. The number of hydrogen-bond acceptors (Lipinski definition) is 3. The zero-order chi connectivity index (χ0) is 27.2. The second-order valence-electron chi connectivity index (χ2n) is 11.5. The molecule has 42 heavy (non-hydrogen) atoms. The first-order valence-corrected chi connectivity index (χ1v) is 14.9. The Hall–Kier alpha value is -3.75. The third kappa shape index (κ3) is 5.18. The summed E-state index contributed by atoms with van der Waals surface area (Å²) in [6.07, 6.45) is 12.8.